The van der Waals surface area contributed by atoms with Crippen LogP contribution >= 0.6 is 0 Å². The van der Waals surface area contributed by atoms with Crippen molar-refractivity contribution in [2.45, 2.75) is 56.6 Å². The highest BCUT2D eigenvalue weighted by Gasteiger charge is 2.46. The molecule has 4 rings (SSSR count). The van der Waals surface area contributed by atoms with E-state index >= 15 is 0 Å². The van der Waals surface area contributed by atoms with Gasteiger partial charge in [-0.15, -0.1) is 0 Å². The minimum absolute atomic E-state index is 0.0371. The second-order valence-corrected chi connectivity index (χ2v) is 7.99. The van der Waals surface area contributed by atoms with E-state index < -0.39 is 12.0 Å². The van der Waals surface area contributed by atoms with Crippen LogP contribution in [0, 0.1) is 17.8 Å². The number of alkyl halides is 2. The van der Waals surface area contributed by atoms with Gasteiger partial charge in [0.05, 0.1) is 12.1 Å². The zero-order valence-electron chi connectivity index (χ0n) is 14.2. The van der Waals surface area contributed by atoms with E-state index in [1.54, 1.807) is 6.20 Å². The van der Waals surface area contributed by atoms with Crippen LogP contribution in [0.5, 0.6) is 0 Å². The van der Waals surface area contributed by atoms with Crippen molar-refractivity contribution < 1.29 is 18.7 Å². The number of rotatable bonds is 2. The van der Waals surface area contributed by atoms with Crippen LogP contribution in [0.1, 0.15) is 44.6 Å². The first-order chi connectivity index (χ1) is 11.9. The van der Waals surface area contributed by atoms with Gasteiger partial charge in [0.25, 0.3) is 0 Å². The number of carbonyl (C=O) groups is 1. The number of aliphatic hydroxyl groups excluding tert-OH is 1. The number of aromatic nitrogens is 2. The molecule has 3 aliphatic rings. The van der Waals surface area contributed by atoms with Crippen LogP contribution < -0.4 is 0 Å². The Morgan fingerprint density at radius 3 is 2.48 bits per heavy atom. The molecule has 4 atom stereocenters. The maximum atomic E-state index is 13.3. The fourth-order valence-corrected chi connectivity index (χ4v) is 4.89. The van der Waals surface area contributed by atoms with E-state index in [4.69, 9.17) is 0 Å². The summed E-state index contributed by atoms with van der Waals surface area (Å²) in [4.78, 5) is 14.6. The number of likely N-dealkylation sites (tertiary alicyclic amines) is 1. The molecule has 5 nitrogen and oxygen atoms in total. The first kappa shape index (κ1) is 16.9. The molecule has 0 bridgehead atoms. The molecule has 7 heteroatoms. The van der Waals surface area contributed by atoms with Gasteiger partial charge in [0.15, 0.2) is 0 Å². The fraction of sp³-hybridized carbons (Fsp3) is 0.778. The molecule has 1 amide bonds. The van der Waals surface area contributed by atoms with E-state index in [-0.39, 0.29) is 43.6 Å². The van der Waals surface area contributed by atoms with Gasteiger partial charge in [-0.3, -0.25) is 9.48 Å². The number of hydrogen-bond acceptors (Lipinski definition) is 3. The zero-order chi connectivity index (χ0) is 17.6. The molecule has 0 unspecified atom stereocenters. The molecular formula is C18H25F2N3O2. The number of aliphatic hydroxyl groups is 1. The summed E-state index contributed by atoms with van der Waals surface area (Å²) in [5, 5.41) is 14.7. The van der Waals surface area contributed by atoms with Crippen LogP contribution in [0.25, 0.3) is 0 Å². The Bertz CT molecular complexity index is 612. The van der Waals surface area contributed by atoms with Crippen LogP contribution in [0.4, 0.5) is 8.78 Å². The molecule has 138 valence electrons. The third kappa shape index (κ3) is 3.30. The highest BCUT2D eigenvalue weighted by Crippen LogP contribution is 2.43. The second-order valence-electron chi connectivity index (χ2n) is 7.99. The second kappa shape index (κ2) is 6.34. The van der Waals surface area contributed by atoms with Gasteiger partial charge < -0.3 is 10.0 Å². The van der Waals surface area contributed by atoms with Gasteiger partial charge >= 0.3 is 0 Å². The van der Waals surface area contributed by atoms with Gasteiger partial charge in [-0.25, -0.2) is 8.78 Å². The van der Waals surface area contributed by atoms with Crippen LogP contribution in [0.2, 0.25) is 0 Å². The Balaban J connectivity index is 1.39. The van der Waals surface area contributed by atoms with Crippen molar-refractivity contribution >= 4 is 5.91 Å². The molecule has 1 aromatic rings. The standard InChI is InChI=1S/C18H25F2N3O2/c19-18(20)4-2-12(3-5-18)17(25)22-10-13-8-15(23-7-1-6-21-23)16(24)9-14(13)11-22/h1,6-7,12-16,24H,2-5,8-11H2/t13-,14+,15-,16-/m1/s1. The van der Waals surface area contributed by atoms with E-state index in [1.807, 2.05) is 21.8 Å². The number of carbonyl (C=O) groups excluding carboxylic acids is 1. The molecular weight excluding hydrogens is 328 g/mol. The highest BCUT2D eigenvalue weighted by atomic mass is 19.3. The molecule has 2 aliphatic carbocycles. The molecule has 1 N–H and O–H groups in total. The minimum Gasteiger partial charge on any atom is -0.391 e. The quantitative estimate of drug-likeness (QED) is 0.889. The normalized spacial score (nSPS) is 35.6. The Hall–Kier alpha value is -1.50. The Labute approximate surface area is 146 Å². The maximum Gasteiger partial charge on any atom is 0.248 e. The molecule has 1 aromatic heterocycles. The first-order valence-electron chi connectivity index (χ1n) is 9.27. The number of fused-ring (bicyclic) bond motifs is 1. The monoisotopic (exact) mass is 353 g/mol. The molecule has 2 heterocycles. The lowest BCUT2D eigenvalue weighted by atomic mass is 9.77. The van der Waals surface area contributed by atoms with Crippen molar-refractivity contribution in [3.8, 4) is 0 Å². The van der Waals surface area contributed by atoms with Crippen LogP contribution in [-0.2, 0) is 4.79 Å². The van der Waals surface area contributed by atoms with E-state index in [0.717, 1.165) is 6.42 Å². The van der Waals surface area contributed by atoms with Crippen molar-refractivity contribution in [1.29, 1.82) is 0 Å². The SMILES string of the molecule is O=C(C1CCC(F)(F)CC1)N1C[C@H]2C[C@@H](n3cccn3)[C@H](O)C[C@H]2C1. The van der Waals surface area contributed by atoms with Crippen LogP contribution in [0.3, 0.4) is 0 Å². The average Bonchev–Trinajstić information content (AvgIpc) is 3.22. The lowest BCUT2D eigenvalue weighted by Crippen LogP contribution is -2.38. The lowest BCUT2D eigenvalue weighted by molar-refractivity contribution is -0.138. The molecule has 1 aliphatic heterocycles. The highest BCUT2D eigenvalue weighted by molar-refractivity contribution is 5.79. The number of halogens is 2. The summed E-state index contributed by atoms with van der Waals surface area (Å²) in [7, 11) is 0. The van der Waals surface area contributed by atoms with E-state index in [0.29, 0.717) is 31.3 Å². The average molecular weight is 353 g/mol. The van der Waals surface area contributed by atoms with Crippen molar-refractivity contribution in [3.63, 3.8) is 0 Å². The predicted molar refractivity (Wildman–Crippen MR) is 87.0 cm³/mol. The molecule has 1 saturated heterocycles. The van der Waals surface area contributed by atoms with Crippen molar-refractivity contribution in [1.82, 2.24) is 14.7 Å². The third-order valence-electron chi connectivity index (χ3n) is 6.35. The van der Waals surface area contributed by atoms with Gasteiger partial charge in [0.1, 0.15) is 0 Å². The van der Waals surface area contributed by atoms with Gasteiger partial charge in [0, 0.05) is 44.2 Å². The van der Waals surface area contributed by atoms with Gasteiger partial charge in [-0.05, 0) is 43.6 Å². The Morgan fingerprint density at radius 2 is 1.84 bits per heavy atom. The number of hydrogen-bond donors (Lipinski definition) is 1. The number of nitrogens with zero attached hydrogens (tertiary/aromatic N) is 3. The summed E-state index contributed by atoms with van der Waals surface area (Å²) < 4.78 is 28.5. The molecule has 25 heavy (non-hydrogen) atoms. The summed E-state index contributed by atoms with van der Waals surface area (Å²) in [6.45, 7) is 1.33. The molecule has 3 fully saturated rings. The largest absolute Gasteiger partial charge is 0.391 e. The summed E-state index contributed by atoms with van der Waals surface area (Å²) >= 11 is 0. The molecule has 2 saturated carbocycles. The minimum atomic E-state index is -2.60. The van der Waals surface area contributed by atoms with E-state index in [1.165, 1.54) is 0 Å². The smallest absolute Gasteiger partial charge is 0.248 e. The van der Waals surface area contributed by atoms with Crippen molar-refractivity contribution in [3.05, 3.63) is 18.5 Å². The first-order valence-corrected chi connectivity index (χ1v) is 9.27. The predicted octanol–water partition coefficient (Wildman–Crippen LogP) is 2.48. The summed E-state index contributed by atoms with van der Waals surface area (Å²) in [5.74, 6) is -2.17. The van der Waals surface area contributed by atoms with E-state index in [2.05, 4.69) is 5.10 Å². The topological polar surface area (TPSA) is 58.4 Å². The maximum absolute atomic E-state index is 13.3. The van der Waals surface area contributed by atoms with Gasteiger partial charge in [-0.1, -0.05) is 0 Å². The Kier molecular flexibility index (Phi) is 4.30. The summed E-state index contributed by atoms with van der Waals surface area (Å²) in [6, 6.07) is 1.81. The van der Waals surface area contributed by atoms with Crippen LogP contribution in [0.15, 0.2) is 18.5 Å². The zero-order valence-corrected chi connectivity index (χ0v) is 14.2. The lowest BCUT2D eigenvalue weighted by Gasteiger charge is -2.35. The summed E-state index contributed by atoms with van der Waals surface area (Å²) in [6.07, 6.45) is 4.82. The van der Waals surface area contributed by atoms with Crippen molar-refractivity contribution in [2.75, 3.05) is 13.1 Å². The summed E-state index contributed by atoms with van der Waals surface area (Å²) in [5.41, 5.74) is 0. The molecule has 0 radical (unpaired) electrons. The fourth-order valence-electron chi connectivity index (χ4n) is 4.89. The molecule has 0 spiro atoms. The third-order valence-corrected chi connectivity index (χ3v) is 6.35. The van der Waals surface area contributed by atoms with Gasteiger partial charge in [0.2, 0.25) is 11.8 Å². The Morgan fingerprint density at radius 1 is 1.16 bits per heavy atom. The van der Waals surface area contributed by atoms with Gasteiger partial charge in [-0.2, -0.15) is 5.10 Å². The molecule has 0 aromatic carbocycles. The number of amides is 1. The van der Waals surface area contributed by atoms with Crippen LogP contribution in [-0.4, -0.2) is 50.8 Å². The van der Waals surface area contributed by atoms with Crippen molar-refractivity contribution in [2.24, 2.45) is 17.8 Å². The van der Waals surface area contributed by atoms with E-state index in [9.17, 15) is 18.7 Å².